The maximum absolute atomic E-state index is 13.0. The van der Waals surface area contributed by atoms with Crippen LogP contribution in [0.5, 0.6) is 0 Å². The van der Waals surface area contributed by atoms with Crippen LogP contribution in [0.3, 0.4) is 0 Å². The summed E-state index contributed by atoms with van der Waals surface area (Å²) < 4.78 is 59.5. The van der Waals surface area contributed by atoms with Crippen LogP contribution < -0.4 is 0 Å². The summed E-state index contributed by atoms with van der Waals surface area (Å²) in [6, 6.07) is 0. The standard InChI is InChI=1S/C61H108O12S/c1-3-5-7-9-11-13-15-17-19-21-23-25-27-28-29-30-32-34-36-38-40-42-44-46-48-50-57(63)71-55(54-70-61-59(65)60(73-74(66,67)68)58(64)56(52-62)72-61)53-69-51-49-47-45-43-41-39-37-35-33-31-26-24-22-20-18-16-14-12-10-8-6-4-2/h6,8,12,14,18,20-21,23-24,26,33,35,55-56,58-62,64-65H,3-5,7,9-11,13,15-17,19,22,25,27-32,34,36-54H2,1-2H3,(H,66,67,68)/b8-6-,14-12-,20-18-,23-21-,26-24-,35-33-. The molecule has 0 amide bonds. The second-order valence-corrected chi connectivity index (χ2v) is 21.3. The van der Waals surface area contributed by atoms with Crippen LogP contribution >= 0.6 is 0 Å². The van der Waals surface area contributed by atoms with E-state index in [2.05, 4.69) is 90.9 Å². The van der Waals surface area contributed by atoms with Gasteiger partial charge in [-0.2, -0.15) is 8.42 Å². The molecule has 1 heterocycles. The molecule has 0 aromatic rings. The van der Waals surface area contributed by atoms with E-state index in [0.29, 0.717) is 13.0 Å². The van der Waals surface area contributed by atoms with Gasteiger partial charge in [0.2, 0.25) is 0 Å². The fourth-order valence-electron chi connectivity index (χ4n) is 8.87. The summed E-state index contributed by atoms with van der Waals surface area (Å²) >= 11 is 0. The molecule has 6 unspecified atom stereocenters. The third-order valence-corrected chi connectivity index (χ3v) is 13.8. The van der Waals surface area contributed by atoms with E-state index < -0.39 is 59.8 Å². The number of rotatable bonds is 52. The predicted octanol–water partition coefficient (Wildman–Crippen LogP) is 15.0. The SMILES string of the molecule is CC/C=C\C/C=C\C/C=C\C/C=C\C/C=C\CCCCCCCCOCC(COC1OC(CO)C(O)C(OS(=O)(=O)O)C1O)OC(=O)CCCCCCCCCCCCCCC/C=C\CCCCCCCCCC. The summed E-state index contributed by atoms with van der Waals surface area (Å²) in [5.74, 6) is -0.404. The minimum Gasteiger partial charge on any atom is -0.457 e. The van der Waals surface area contributed by atoms with E-state index in [9.17, 15) is 33.1 Å². The second kappa shape index (κ2) is 51.3. The van der Waals surface area contributed by atoms with Crippen molar-refractivity contribution in [2.24, 2.45) is 0 Å². The Morgan fingerprint density at radius 3 is 1.38 bits per heavy atom. The van der Waals surface area contributed by atoms with Crippen molar-refractivity contribution in [1.82, 2.24) is 0 Å². The van der Waals surface area contributed by atoms with Gasteiger partial charge in [0.25, 0.3) is 0 Å². The van der Waals surface area contributed by atoms with E-state index >= 15 is 0 Å². The lowest BCUT2D eigenvalue weighted by atomic mass is 9.99. The first-order valence-corrected chi connectivity index (χ1v) is 31.1. The van der Waals surface area contributed by atoms with Crippen LogP contribution in [0.1, 0.15) is 245 Å². The van der Waals surface area contributed by atoms with Crippen LogP contribution in [0.2, 0.25) is 0 Å². The molecule has 0 radical (unpaired) electrons. The van der Waals surface area contributed by atoms with Gasteiger partial charge >= 0.3 is 16.4 Å². The first-order chi connectivity index (χ1) is 36.1. The van der Waals surface area contributed by atoms with Gasteiger partial charge in [-0.1, -0.05) is 228 Å². The number of hydrogen-bond donors (Lipinski definition) is 4. The number of esters is 1. The summed E-state index contributed by atoms with van der Waals surface area (Å²) in [4.78, 5) is 13.0. The van der Waals surface area contributed by atoms with Crippen molar-refractivity contribution in [3.63, 3.8) is 0 Å². The van der Waals surface area contributed by atoms with Gasteiger partial charge in [0, 0.05) is 13.0 Å². The molecule has 6 atom stereocenters. The van der Waals surface area contributed by atoms with Gasteiger partial charge in [0.15, 0.2) is 6.29 Å². The van der Waals surface area contributed by atoms with E-state index in [0.717, 1.165) is 89.9 Å². The molecule has 430 valence electrons. The second-order valence-electron chi connectivity index (χ2n) is 20.2. The van der Waals surface area contributed by atoms with E-state index in [1.165, 1.54) is 128 Å². The van der Waals surface area contributed by atoms with E-state index in [-0.39, 0.29) is 19.6 Å². The smallest absolute Gasteiger partial charge is 0.397 e. The van der Waals surface area contributed by atoms with Crippen molar-refractivity contribution in [2.75, 3.05) is 26.4 Å². The molecule has 13 heteroatoms. The highest BCUT2D eigenvalue weighted by atomic mass is 32.3. The Hall–Kier alpha value is -2.46. The number of carbonyl (C=O) groups excluding carboxylic acids is 1. The van der Waals surface area contributed by atoms with Crippen LogP contribution in [-0.2, 0) is 38.3 Å². The molecule has 0 aliphatic carbocycles. The van der Waals surface area contributed by atoms with E-state index in [1.54, 1.807) is 0 Å². The Morgan fingerprint density at radius 1 is 0.527 bits per heavy atom. The molecular formula is C61H108O12S. The lowest BCUT2D eigenvalue weighted by Crippen LogP contribution is -2.60. The molecule has 0 aromatic carbocycles. The highest BCUT2D eigenvalue weighted by Crippen LogP contribution is 2.26. The Bertz CT molecular complexity index is 1560. The van der Waals surface area contributed by atoms with Crippen LogP contribution in [0.4, 0.5) is 0 Å². The molecular weight excluding hydrogens is 957 g/mol. The zero-order chi connectivity index (χ0) is 53.8. The summed E-state index contributed by atoms with van der Waals surface area (Å²) in [5, 5.41) is 30.9. The van der Waals surface area contributed by atoms with Crippen molar-refractivity contribution in [3.05, 3.63) is 72.9 Å². The minimum atomic E-state index is -5.07. The van der Waals surface area contributed by atoms with Gasteiger partial charge in [0.1, 0.15) is 30.5 Å². The number of hydrogen-bond acceptors (Lipinski definition) is 11. The molecule has 1 saturated heterocycles. The number of unbranched alkanes of at least 4 members (excludes halogenated alkanes) is 27. The largest absolute Gasteiger partial charge is 0.457 e. The molecule has 0 aromatic heterocycles. The van der Waals surface area contributed by atoms with Gasteiger partial charge in [-0.05, 0) is 83.5 Å². The molecule has 0 saturated carbocycles. The Labute approximate surface area is 451 Å². The lowest BCUT2D eigenvalue weighted by molar-refractivity contribution is -0.301. The lowest BCUT2D eigenvalue weighted by Gasteiger charge is -2.41. The van der Waals surface area contributed by atoms with Gasteiger partial charge in [-0.15, -0.1) is 0 Å². The zero-order valence-corrected chi connectivity index (χ0v) is 47.5. The Morgan fingerprint density at radius 2 is 0.932 bits per heavy atom. The number of ether oxygens (including phenoxy) is 4. The van der Waals surface area contributed by atoms with Crippen LogP contribution in [0.15, 0.2) is 72.9 Å². The predicted molar refractivity (Wildman–Crippen MR) is 303 cm³/mol. The van der Waals surface area contributed by atoms with Crippen molar-refractivity contribution in [1.29, 1.82) is 0 Å². The summed E-state index contributed by atoms with van der Waals surface area (Å²) in [6.45, 7) is 3.87. The van der Waals surface area contributed by atoms with Gasteiger partial charge in [-0.3, -0.25) is 9.35 Å². The summed E-state index contributed by atoms with van der Waals surface area (Å²) in [7, 11) is -5.07. The molecule has 4 N–H and O–H groups in total. The van der Waals surface area contributed by atoms with Crippen molar-refractivity contribution in [2.45, 2.75) is 282 Å². The summed E-state index contributed by atoms with van der Waals surface area (Å²) in [6.07, 6.45) is 59.4. The highest BCUT2D eigenvalue weighted by molar-refractivity contribution is 7.80. The molecule has 0 spiro atoms. The van der Waals surface area contributed by atoms with E-state index in [4.69, 9.17) is 18.9 Å². The maximum Gasteiger partial charge on any atom is 0.397 e. The first-order valence-electron chi connectivity index (χ1n) is 29.7. The number of aliphatic hydroxyl groups excluding tert-OH is 3. The molecule has 1 fully saturated rings. The molecule has 1 aliphatic heterocycles. The monoisotopic (exact) mass is 1060 g/mol. The zero-order valence-electron chi connectivity index (χ0n) is 46.6. The van der Waals surface area contributed by atoms with Crippen LogP contribution in [0, 0.1) is 0 Å². The maximum atomic E-state index is 13.0. The fraction of sp³-hybridized carbons (Fsp3) is 0.787. The molecule has 12 nitrogen and oxygen atoms in total. The Kier molecular flexibility index (Phi) is 48.2. The third-order valence-electron chi connectivity index (χ3n) is 13.3. The molecule has 1 aliphatic rings. The average molecular weight is 1070 g/mol. The molecule has 74 heavy (non-hydrogen) atoms. The van der Waals surface area contributed by atoms with Gasteiger partial charge in [0.05, 0.1) is 19.8 Å². The van der Waals surface area contributed by atoms with Crippen molar-refractivity contribution < 1.29 is 56.2 Å². The number of aliphatic hydroxyl groups is 3. The van der Waals surface area contributed by atoms with Gasteiger partial charge in [-0.25, -0.2) is 4.18 Å². The molecule has 1 rings (SSSR count). The number of carbonyl (C=O) groups is 1. The van der Waals surface area contributed by atoms with Crippen LogP contribution in [0.25, 0.3) is 0 Å². The van der Waals surface area contributed by atoms with Crippen molar-refractivity contribution in [3.8, 4) is 0 Å². The first kappa shape index (κ1) is 69.6. The van der Waals surface area contributed by atoms with E-state index in [1.807, 2.05) is 0 Å². The number of allylic oxidation sites excluding steroid dienone is 12. The van der Waals surface area contributed by atoms with Gasteiger partial charge < -0.3 is 34.3 Å². The third kappa shape index (κ3) is 43.6. The normalized spacial score (nSPS) is 19.2. The highest BCUT2D eigenvalue weighted by Gasteiger charge is 2.48. The minimum absolute atomic E-state index is 0.0237. The van der Waals surface area contributed by atoms with Crippen LogP contribution in [-0.4, -0.2) is 97.5 Å². The average Bonchev–Trinajstić information content (AvgIpc) is 3.38. The fourth-order valence-corrected chi connectivity index (χ4v) is 9.38. The quantitative estimate of drug-likeness (QED) is 0.0196. The summed E-state index contributed by atoms with van der Waals surface area (Å²) in [5.41, 5.74) is 0. The molecule has 0 bridgehead atoms. The van der Waals surface area contributed by atoms with Crippen molar-refractivity contribution >= 4 is 16.4 Å². The Balaban J connectivity index is 2.30. The topological polar surface area (TPSA) is 178 Å².